The van der Waals surface area contributed by atoms with Crippen LogP contribution in [0.2, 0.25) is 0 Å². The van der Waals surface area contributed by atoms with Crippen LogP contribution in [0.15, 0.2) is 24.3 Å². The fraction of sp³-hybridized carbons (Fsp3) is 0.500. The van der Waals surface area contributed by atoms with Crippen molar-refractivity contribution in [2.45, 2.75) is 19.8 Å². The first-order valence-corrected chi connectivity index (χ1v) is 7.45. The summed E-state index contributed by atoms with van der Waals surface area (Å²) in [5.74, 6) is 0.0600. The molecule has 18 heavy (non-hydrogen) atoms. The molecule has 1 aliphatic rings. The van der Waals surface area contributed by atoms with Crippen molar-refractivity contribution in [2.75, 3.05) is 24.6 Å². The van der Waals surface area contributed by atoms with Crippen LogP contribution in [-0.4, -0.2) is 25.7 Å². The van der Waals surface area contributed by atoms with Crippen molar-refractivity contribution in [3.8, 4) is 0 Å². The number of rotatable bonds is 3. The molecule has 1 saturated heterocycles. The van der Waals surface area contributed by atoms with E-state index < -0.39 is 0 Å². The normalized spacial score (nSPS) is 16.7. The smallest absolute Gasteiger partial charge is 0.309 e. The zero-order chi connectivity index (χ0) is 13.0. The first-order chi connectivity index (χ1) is 8.70. The minimum atomic E-state index is -0.0280. The van der Waals surface area contributed by atoms with Gasteiger partial charge in [-0.1, -0.05) is 0 Å². The van der Waals surface area contributed by atoms with Gasteiger partial charge in [0.1, 0.15) is 0 Å². The average molecular weight is 359 g/mol. The van der Waals surface area contributed by atoms with Gasteiger partial charge in [0.2, 0.25) is 0 Å². The summed E-state index contributed by atoms with van der Waals surface area (Å²) in [4.78, 5) is 14.0. The summed E-state index contributed by atoms with van der Waals surface area (Å²) in [6, 6.07) is 8.53. The molecule has 0 radical (unpaired) electrons. The van der Waals surface area contributed by atoms with Crippen LogP contribution in [0, 0.1) is 9.49 Å². The van der Waals surface area contributed by atoms with E-state index >= 15 is 0 Å². The molecular weight excluding hydrogens is 341 g/mol. The molecule has 0 amide bonds. The number of benzene rings is 1. The van der Waals surface area contributed by atoms with Crippen LogP contribution in [-0.2, 0) is 9.53 Å². The first-order valence-electron chi connectivity index (χ1n) is 6.38. The van der Waals surface area contributed by atoms with Crippen molar-refractivity contribution in [1.82, 2.24) is 0 Å². The van der Waals surface area contributed by atoms with Crippen molar-refractivity contribution in [3.63, 3.8) is 0 Å². The standard InChI is InChI=1S/C14H18INO2/c1-2-18-14(17)11-7-9-16(10-8-11)13-5-3-12(15)4-6-13/h3-6,11H,2,7-10H2,1H3. The van der Waals surface area contributed by atoms with Crippen molar-refractivity contribution < 1.29 is 9.53 Å². The highest BCUT2D eigenvalue weighted by atomic mass is 127. The van der Waals surface area contributed by atoms with Crippen LogP contribution < -0.4 is 4.90 Å². The van der Waals surface area contributed by atoms with Gasteiger partial charge in [0.15, 0.2) is 0 Å². The van der Waals surface area contributed by atoms with Gasteiger partial charge in [-0.15, -0.1) is 0 Å². The molecule has 0 aromatic heterocycles. The third kappa shape index (κ3) is 3.37. The van der Waals surface area contributed by atoms with Crippen LogP contribution >= 0.6 is 22.6 Å². The third-order valence-corrected chi connectivity index (χ3v) is 4.03. The zero-order valence-electron chi connectivity index (χ0n) is 10.6. The Morgan fingerprint density at radius 3 is 2.50 bits per heavy atom. The first kappa shape index (κ1) is 13.6. The van der Waals surface area contributed by atoms with Gasteiger partial charge in [-0.2, -0.15) is 0 Å². The number of hydrogen-bond donors (Lipinski definition) is 0. The van der Waals surface area contributed by atoms with E-state index in [-0.39, 0.29) is 11.9 Å². The number of nitrogens with zero attached hydrogens (tertiary/aromatic N) is 1. The lowest BCUT2D eigenvalue weighted by molar-refractivity contribution is -0.148. The molecule has 0 bridgehead atoms. The molecule has 2 rings (SSSR count). The Labute approximate surface area is 122 Å². The van der Waals surface area contributed by atoms with Gasteiger partial charge < -0.3 is 9.64 Å². The van der Waals surface area contributed by atoms with Gasteiger partial charge in [-0.05, 0) is 66.6 Å². The molecule has 3 nitrogen and oxygen atoms in total. The predicted molar refractivity (Wildman–Crippen MR) is 80.7 cm³/mol. The number of hydrogen-bond acceptors (Lipinski definition) is 3. The van der Waals surface area contributed by atoms with Crippen LogP contribution in [0.25, 0.3) is 0 Å². The number of halogens is 1. The van der Waals surface area contributed by atoms with E-state index in [0.29, 0.717) is 6.61 Å². The summed E-state index contributed by atoms with van der Waals surface area (Å²) in [6.45, 7) is 4.21. The minimum Gasteiger partial charge on any atom is -0.466 e. The SMILES string of the molecule is CCOC(=O)C1CCN(c2ccc(I)cc2)CC1. The molecule has 0 N–H and O–H groups in total. The Kier molecular flexibility index (Phi) is 4.86. The molecule has 1 heterocycles. The minimum absolute atomic E-state index is 0.0280. The molecule has 1 fully saturated rings. The van der Waals surface area contributed by atoms with Crippen LogP contribution in [0.3, 0.4) is 0 Å². The quantitative estimate of drug-likeness (QED) is 0.614. The molecular formula is C14H18INO2. The van der Waals surface area contributed by atoms with E-state index in [1.54, 1.807) is 0 Å². The van der Waals surface area contributed by atoms with Crippen molar-refractivity contribution >= 4 is 34.2 Å². The van der Waals surface area contributed by atoms with Gasteiger partial charge in [-0.3, -0.25) is 4.79 Å². The molecule has 98 valence electrons. The van der Waals surface area contributed by atoms with E-state index in [4.69, 9.17) is 4.74 Å². The van der Waals surface area contributed by atoms with Gasteiger partial charge in [-0.25, -0.2) is 0 Å². The summed E-state index contributed by atoms with van der Waals surface area (Å²) >= 11 is 2.31. The number of piperidine rings is 1. The number of ether oxygens (including phenoxy) is 1. The molecule has 0 aliphatic carbocycles. The number of carbonyl (C=O) groups excluding carboxylic acids is 1. The highest BCUT2D eigenvalue weighted by molar-refractivity contribution is 14.1. The molecule has 1 aromatic carbocycles. The lowest BCUT2D eigenvalue weighted by Gasteiger charge is -2.32. The van der Waals surface area contributed by atoms with Crippen molar-refractivity contribution in [2.24, 2.45) is 5.92 Å². The van der Waals surface area contributed by atoms with Crippen molar-refractivity contribution in [1.29, 1.82) is 0 Å². The molecule has 0 saturated carbocycles. The predicted octanol–water partition coefficient (Wildman–Crippen LogP) is 3.07. The van der Waals surface area contributed by atoms with E-state index in [1.807, 2.05) is 6.92 Å². The van der Waals surface area contributed by atoms with Gasteiger partial charge in [0, 0.05) is 22.3 Å². The summed E-state index contributed by atoms with van der Waals surface area (Å²) in [6.07, 6.45) is 1.79. The molecule has 0 unspecified atom stereocenters. The second-order valence-corrected chi connectivity index (χ2v) is 5.74. The van der Waals surface area contributed by atoms with Gasteiger partial charge >= 0.3 is 5.97 Å². The second kappa shape index (κ2) is 6.41. The number of anilines is 1. The average Bonchev–Trinajstić information content (AvgIpc) is 2.40. The molecule has 0 atom stereocenters. The van der Waals surface area contributed by atoms with Gasteiger partial charge in [0.25, 0.3) is 0 Å². The maximum absolute atomic E-state index is 11.6. The Morgan fingerprint density at radius 1 is 1.33 bits per heavy atom. The zero-order valence-corrected chi connectivity index (χ0v) is 12.7. The Morgan fingerprint density at radius 2 is 1.94 bits per heavy atom. The summed E-state index contributed by atoms with van der Waals surface area (Å²) in [5.41, 5.74) is 1.25. The largest absolute Gasteiger partial charge is 0.466 e. The topological polar surface area (TPSA) is 29.5 Å². The summed E-state index contributed by atoms with van der Waals surface area (Å²) in [7, 11) is 0. The fourth-order valence-electron chi connectivity index (χ4n) is 2.29. The maximum Gasteiger partial charge on any atom is 0.309 e. The van der Waals surface area contributed by atoms with Crippen LogP contribution in [0.4, 0.5) is 5.69 Å². The Hall–Kier alpha value is -0.780. The summed E-state index contributed by atoms with van der Waals surface area (Å²) in [5, 5.41) is 0. The highest BCUT2D eigenvalue weighted by Gasteiger charge is 2.25. The lowest BCUT2D eigenvalue weighted by Crippen LogP contribution is -2.36. The number of esters is 1. The highest BCUT2D eigenvalue weighted by Crippen LogP contribution is 2.24. The molecule has 0 spiro atoms. The lowest BCUT2D eigenvalue weighted by atomic mass is 9.96. The third-order valence-electron chi connectivity index (χ3n) is 3.31. The monoisotopic (exact) mass is 359 g/mol. The van der Waals surface area contributed by atoms with Crippen molar-refractivity contribution in [3.05, 3.63) is 27.8 Å². The fourth-order valence-corrected chi connectivity index (χ4v) is 2.64. The van der Waals surface area contributed by atoms with E-state index in [1.165, 1.54) is 9.26 Å². The maximum atomic E-state index is 11.6. The van der Waals surface area contributed by atoms with E-state index in [0.717, 1.165) is 25.9 Å². The summed E-state index contributed by atoms with van der Waals surface area (Å²) < 4.78 is 6.33. The number of carbonyl (C=O) groups is 1. The Balaban J connectivity index is 1.90. The van der Waals surface area contributed by atoms with E-state index in [2.05, 4.69) is 51.8 Å². The van der Waals surface area contributed by atoms with Crippen LogP contribution in [0.1, 0.15) is 19.8 Å². The molecule has 4 heteroatoms. The van der Waals surface area contributed by atoms with Crippen LogP contribution in [0.5, 0.6) is 0 Å². The second-order valence-electron chi connectivity index (χ2n) is 4.49. The molecule has 1 aliphatic heterocycles. The Bertz CT molecular complexity index is 397. The van der Waals surface area contributed by atoms with Gasteiger partial charge in [0.05, 0.1) is 12.5 Å². The molecule has 1 aromatic rings. The van der Waals surface area contributed by atoms with E-state index in [9.17, 15) is 4.79 Å².